The number of aromatic nitrogens is 1. The third-order valence-electron chi connectivity index (χ3n) is 2.02. The maximum absolute atomic E-state index is 12.8. The van der Waals surface area contributed by atoms with E-state index in [-0.39, 0.29) is 11.7 Å². The number of carbonyl (C=O) groups excluding carboxylic acids is 1. The summed E-state index contributed by atoms with van der Waals surface area (Å²) in [5.74, 6) is -0.623. The van der Waals surface area contributed by atoms with Gasteiger partial charge >= 0.3 is 0 Å². The van der Waals surface area contributed by atoms with Crippen LogP contribution in [0.1, 0.15) is 10.5 Å². The van der Waals surface area contributed by atoms with E-state index in [1.165, 1.54) is 18.2 Å². The van der Waals surface area contributed by atoms with Crippen molar-refractivity contribution >= 4 is 27.5 Å². The molecule has 0 bridgehead atoms. The molecule has 1 aromatic heterocycles. The van der Waals surface area contributed by atoms with E-state index >= 15 is 0 Å². The van der Waals surface area contributed by atoms with Crippen LogP contribution in [0.25, 0.3) is 0 Å². The molecular weight excluding hydrogens is 275 g/mol. The number of carbonyl (C=O) groups is 1. The molecule has 0 aliphatic heterocycles. The molecule has 82 valence electrons. The lowest BCUT2D eigenvalue weighted by molar-refractivity contribution is 0.102. The molecule has 0 saturated heterocycles. The fraction of sp³-hybridized carbons (Fsp3) is 0. The Morgan fingerprint density at radius 3 is 2.81 bits per heavy atom. The third kappa shape index (κ3) is 2.30. The lowest BCUT2D eigenvalue weighted by atomic mass is 10.3. The minimum absolute atomic E-state index is 0.266. The number of aromatic amines is 1. The van der Waals surface area contributed by atoms with Crippen LogP contribution in [0.5, 0.6) is 0 Å². The Labute approximate surface area is 99.8 Å². The molecule has 0 atom stereocenters. The van der Waals surface area contributed by atoms with Gasteiger partial charge in [-0.2, -0.15) is 0 Å². The smallest absolute Gasteiger partial charge is 0.272 e. The first-order valence-electron chi connectivity index (χ1n) is 4.56. The standard InChI is InChI=1S/C11H8BrFN2O/c12-8-6-7(13)3-4-9(8)15-11(16)10-2-1-5-14-10/h1-6,14H,(H,15,16). The van der Waals surface area contributed by atoms with E-state index in [1.807, 2.05) is 0 Å². The van der Waals surface area contributed by atoms with Gasteiger partial charge in [-0.25, -0.2) is 4.39 Å². The largest absolute Gasteiger partial charge is 0.357 e. The maximum Gasteiger partial charge on any atom is 0.272 e. The van der Waals surface area contributed by atoms with Gasteiger partial charge in [0.1, 0.15) is 11.5 Å². The van der Waals surface area contributed by atoms with Crippen LogP contribution in [0.2, 0.25) is 0 Å². The summed E-state index contributed by atoms with van der Waals surface area (Å²) in [7, 11) is 0. The number of H-pyrrole nitrogens is 1. The number of halogens is 2. The summed E-state index contributed by atoms with van der Waals surface area (Å²) in [5.41, 5.74) is 0.984. The average molecular weight is 283 g/mol. The Morgan fingerprint density at radius 2 is 2.19 bits per heavy atom. The highest BCUT2D eigenvalue weighted by Crippen LogP contribution is 2.23. The average Bonchev–Trinajstić information content (AvgIpc) is 2.75. The van der Waals surface area contributed by atoms with E-state index < -0.39 is 0 Å². The minimum Gasteiger partial charge on any atom is -0.357 e. The van der Waals surface area contributed by atoms with E-state index in [0.29, 0.717) is 15.9 Å². The summed E-state index contributed by atoms with van der Waals surface area (Å²) in [6, 6.07) is 7.47. The maximum atomic E-state index is 12.8. The molecule has 16 heavy (non-hydrogen) atoms. The molecule has 0 unspecified atom stereocenters. The number of hydrogen-bond acceptors (Lipinski definition) is 1. The second kappa shape index (κ2) is 4.49. The normalized spacial score (nSPS) is 10.1. The molecule has 2 rings (SSSR count). The van der Waals surface area contributed by atoms with Gasteiger partial charge in [-0.05, 0) is 46.3 Å². The molecule has 3 nitrogen and oxygen atoms in total. The number of rotatable bonds is 2. The van der Waals surface area contributed by atoms with Crippen molar-refractivity contribution in [2.75, 3.05) is 5.32 Å². The highest BCUT2D eigenvalue weighted by atomic mass is 79.9. The van der Waals surface area contributed by atoms with Crippen LogP contribution in [0.15, 0.2) is 41.0 Å². The lowest BCUT2D eigenvalue weighted by Crippen LogP contribution is -2.12. The van der Waals surface area contributed by atoms with E-state index in [0.717, 1.165) is 0 Å². The van der Waals surface area contributed by atoms with Crippen molar-refractivity contribution in [1.82, 2.24) is 4.98 Å². The number of nitrogens with one attached hydrogen (secondary N) is 2. The lowest BCUT2D eigenvalue weighted by Gasteiger charge is -2.05. The van der Waals surface area contributed by atoms with Gasteiger partial charge in [0.25, 0.3) is 5.91 Å². The van der Waals surface area contributed by atoms with Crippen molar-refractivity contribution in [1.29, 1.82) is 0 Å². The molecule has 0 aliphatic rings. The van der Waals surface area contributed by atoms with Crippen molar-refractivity contribution in [3.8, 4) is 0 Å². The Morgan fingerprint density at radius 1 is 1.38 bits per heavy atom. The van der Waals surface area contributed by atoms with Crippen LogP contribution in [-0.4, -0.2) is 10.9 Å². The van der Waals surface area contributed by atoms with Crippen LogP contribution >= 0.6 is 15.9 Å². The first-order valence-corrected chi connectivity index (χ1v) is 5.36. The van der Waals surface area contributed by atoms with Crippen molar-refractivity contribution in [2.24, 2.45) is 0 Å². The quantitative estimate of drug-likeness (QED) is 0.873. The summed E-state index contributed by atoms with van der Waals surface area (Å²) in [6.07, 6.45) is 1.66. The molecule has 1 heterocycles. The van der Waals surface area contributed by atoms with Gasteiger partial charge in [0, 0.05) is 10.7 Å². The van der Waals surface area contributed by atoms with E-state index in [1.54, 1.807) is 18.3 Å². The summed E-state index contributed by atoms with van der Waals surface area (Å²) >= 11 is 3.17. The number of hydrogen-bond donors (Lipinski definition) is 2. The predicted octanol–water partition coefficient (Wildman–Crippen LogP) is 3.17. The fourth-order valence-electron chi connectivity index (χ4n) is 1.25. The Balaban J connectivity index is 2.18. The monoisotopic (exact) mass is 282 g/mol. The fourth-order valence-corrected chi connectivity index (χ4v) is 1.70. The van der Waals surface area contributed by atoms with Crippen LogP contribution in [0.4, 0.5) is 10.1 Å². The zero-order valence-corrected chi connectivity index (χ0v) is 9.71. The Bertz CT molecular complexity index is 511. The van der Waals surface area contributed by atoms with Crippen LogP contribution in [0, 0.1) is 5.82 Å². The SMILES string of the molecule is O=C(Nc1ccc(F)cc1Br)c1ccc[nH]1. The molecule has 5 heteroatoms. The molecule has 0 saturated carbocycles. The van der Waals surface area contributed by atoms with Gasteiger partial charge in [0.2, 0.25) is 0 Å². The summed E-state index contributed by atoms with van der Waals surface area (Å²) < 4.78 is 13.3. The van der Waals surface area contributed by atoms with Crippen molar-refractivity contribution in [3.05, 3.63) is 52.5 Å². The van der Waals surface area contributed by atoms with Gasteiger partial charge in [0.15, 0.2) is 0 Å². The molecule has 0 spiro atoms. The van der Waals surface area contributed by atoms with E-state index in [4.69, 9.17) is 0 Å². The number of benzene rings is 1. The summed E-state index contributed by atoms with van der Waals surface area (Å²) in [5, 5.41) is 2.66. The Kier molecular flexibility index (Phi) is 3.05. The van der Waals surface area contributed by atoms with Gasteiger partial charge in [0.05, 0.1) is 5.69 Å². The predicted molar refractivity (Wildman–Crippen MR) is 62.8 cm³/mol. The second-order valence-corrected chi connectivity index (χ2v) is 4.02. The topological polar surface area (TPSA) is 44.9 Å². The van der Waals surface area contributed by atoms with Crippen molar-refractivity contribution < 1.29 is 9.18 Å². The van der Waals surface area contributed by atoms with Gasteiger partial charge < -0.3 is 10.3 Å². The van der Waals surface area contributed by atoms with Crippen LogP contribution in [-0.2, 0) is 0 Å². The summed E-state index contributed by atoms with van der Waals surface area (Å²) in [6.45, 7) is 0. The van der Waals surface area contributed by atoms with E-state index in [2.05, 4.69) is 26.2 Å². The van der Waals surface area contributed by atoms with E-state index in [9.17, 15) is 9.18 Å². The molecule has 1 amide bonds. The second-order valence-electron chi connectivity index (χ2n) is 3.16. The highest BCUT2D eigenvalue weighted by Gasteiger charge is 2.08. The molecule has 0 radical (unpaired) electrons. The molecule has 2 N–H and O–H groups in total. The molecule has 2 aromatic rings. The number of amides is 1. The zero-order valence-electron chi connectivity index (χ0n) is 8.13. The first-order chi connectivity index (χ1) is 7.66. The molecule has 0 fully saturated rings. The summed E-state index contributed by atoms with van der Waals surface area (Å²) in [4.78, 5) is 14.4. The van der Waals surface area contributed by atoms with Crippen molar-refractivity contribution in [2.45, 2.75) is 0 Å². The molecule has 1 aromatic carbocycles. The van der Waals surface area contributed by atoms with Gasteiger partial charge in [-0.3, -0.25) is 4.79 Å². The molecular formula is C11H8BrFN2O. The number of anilines is 1. The third-order valence-corrected chi connectivity index (χ3v) is 2.68. The first kappa shape index (κ1) is 10.9. The van der Waals surface area contributed by atoms with Gasteiger partial charge in [-0.1, -0.05) is 0 Å². The van der Waals surface area contributed by atoms with Crippen molar-refractivity contribution in [3.63, 3.8) is 0 Å². The van der Waals surface area contributed by atoms with Crippen LogP contribution < -0.4 is 5.32 Å². The Hall–Kier alpha value is -1.62. The van der Waals surface area contributed by atoms with Crippen LogP contribution in [0.3, 0.4) is 0 Å². The molecule has 0 aliphatic carbocycles. The zero-order chi connectivity index (χ0) is 11.5. The van der Waals surface area contributed by atoms with Gasteiger partial charge in [-0.15, -0.1) is 0 Å². The highest BCUT2D eigenvalue weighted by molar-refractivity contribution is 9.10. The minimum atomic E-state index is -0.357.